The minimum Gasteiger partial charge on any atom is -0.492 e. The lowest BCUT2D eigenvalue weighted by molar-refractivity contribution is -0.123. The molecule has 0 saturated carbocycles. The average molecular weight is 386 g/mol. The van der Waals surface area contributed by atoms with Crippen molar-refractivity contribution < 1.29 is 9.53 Å². The van der Waals surface area contributed by atoms with Gasteiger partial charge in [-0.1, -0.05) is 78.9 Å². The van der Waals surface area contributed by atoms with E-state index in [1.807, 2.05) is 54.6 Å². The van der Waals surface area contributed by atoms with Crippen molar-refractivity contribution in [2.24, 2.45) is 0 Å². The Bertz CT molecular complexity index is 928. The molecule has 148 valence electrons. The molecule has 1 N–H and O–H groups in total. The Kier molecular flexibility index (Phi) is 6.22. The maximum absolute atomic E-state index is 12.9. The zero-order chi connectivity index (χ0) is 19.9. The molecule has 1 aliphatic heterocycles. The first-order valence-electron chi connectivity index (χ1n) is 10.1. The Morgan fingerprint density at radius 1 is 0.931 bits per heavy atom. The molecule has 0 aliphatic carbocycles. The summed E-state index contributed by atoms with van der Waals surface area (Å²) < 4.78 is 5.82. The van der Waals surface area contributed by atoms with Gasteiger partial charge in [-0.15, -0.1) is 0 Å². The van der Waals surface area contributed by atoms with Gasteiger partial charge < -0.3 is 10.1 Å². The molecular weight excluding hydrogens is 360 g/mol. The molecular formula is C25H26N2O2. The lowest BCUT2D eigenvalue weighted by Crippen LogP contribution is -2.40. The Balaban J connectivity index is 1.44. The minimum absolute atomic E-state index is 0.0363. The summed E-state index contributed by atoms with van der Waals surface area (Å²) in [5.41, 5.74) is 3.45. The number of hydrogen-bond acceptors (Lipinski definition) is 3. The normalized spacial score (nSPS) is 14.9. The smallest absolute Gasteiger partial charge is 0.234 e. The van der Waals surface area contributed by atoms with Crippen LogP contribution in [0.3, 0.4) is 0 Å². The zero-order valence-electron chi connectivity index (χ0n) is 16.5. The van der Waals surface area contributed by atoms with E-state index in [-0.39, 0.29) is 11.9 Å². The highest BCUT2D eigenvalue weighted by Gasteiger charge is 2.20. The van der Waals surface area contributed by atoms with E-state index in [0.29, 0.717) is 13.2 Å². The maximum atomic E-state index is 12.9. The molecule has 29 heavy (non-hydrogen) atoms. The van der Waals surface area contributed by atoms with E-state index in [4.69, 9.17) is 4.74 Å². The summed E-state index contributed by atoms with van der Waals surface area (Å²) in [5.74, 6) is 0.954. The fourth-order valence-corrected chi connectivity index (χ4v) is 3.75. The largest absolute Gasteiger partial charge is 0.492 e. The molecule has 0 saturated heterocycles. The van der Waals surface area contributed by atoms with Gasteiger partial charge >= 0.3 is 0 Å². The summed E-state index contributed by atoms with van der Waals surface area (Å²) in [6, 6.07) is 28.5. The molecule has 1 atom stereocenters. The van der Waals surface area contributed by atoms with Crippen molar-refractivity contribution in [3.05, 3.63) is 102 Å². The molecule has 0 radical (unpaired) electrons. The second-order valence-corrected chi connectivity index (χ2v) is 7.39. The Morgan fingerprint density at radius 3 is 2.41 bits per heavy atom. The van der Waals surface area contributed by atoms with E-state index in [9.17, 15) is 4.79 Å². The highest BCUT2D eigenvalue weighted by Crippen LogP contribution is 2.22. The van der Waals surface area contributed by atoms with Crippen molar-refractivity contribution in [1.29, 1.82) is 0 Å². The molecule has 4 heteroatoms. The Hall–Kier alpha value is -3.11. The molecule has 4 rings (SSSR count). The average Bonchev–Trinajstić information content (AvgIpc) is 2.96. The van der Waals surface area contributed by atoms with Gasteiger partial charge in [0, 0.05) is 18.7 Å². The lowest BCUT2D eigenvalue weighted by Gasteiger charge is -2.23. The molecule has 3 aromatic carbocycles. The van der Waals surface area contributed by atoms with E-state index in [1.165, 1.54) is 5.56 Å². The van der Waals surface area contributed by atoms with Crippen LogP contribution in [-0.2, 0) is 17.8 Å². The van der Waals surface area contributed by atoms with Crippen LogP contribution < -0.4 is 10.1 Å². The van der Waals surface area contributed by atoms with Crippen LogP contribution in [-0.4, -0.2) is 30.5 Å². The first-order valence-corrected chi connectivity index (χ1v) is 10.1. The fourth-order valence-electron chi connectivity index (χ4n) is 3.75. The van der Waals surface area contributed by atoms with Crippen LogP contribution in [0.15, 0.2) is 84.9 Å². The Labute approximate surface area is 172 Å². The monoisotopic (exact) mass is 386 g/mol. The third-order valence-corrected chi connectivity index (χ3v) is 5.22. The summed E-state index contributed by atoms with van der Waals surface area (Å²) >= 11 is 0. The number of fused-ring (bicyclic) bond motifs is 1. The summed E-state index contributed by atoms with van der Waals surface area (Å²) in [4.78, 5) is 15.1. The topological polar surface area (TPSA) is 41.6 Å². The molecule has 1 aliphatic rings. The number of nitrogens with zero attached hydrogens (tertiary/aromatic N) is 1. The molecule has 0 aromatic heterocycles. The van der Waals surface area contributed by atoms with E-state index >= 15 is 0 Å². The second-order valence-electron chi connectivity index (χ2n) is 7.39. The molecule has 0 spiro atoms. The number of hydrogen-bond donors (Lipinski definition) is 1. The quantitative estimate of drug-likeness (QED) is 0.697. The summed E-state index contributed by atoms with van der Waals surface area (Å²) in [5, 5.41) is 3.25. The lowest BCUT2D eigenvalue weighted by atomic mass is 9.99. The van der Waals surface area contributed by atoms with E-state index < -0.39 is 0 Å². The van der Waals surface area contributed by atoms with Crippen LogP contribution in [0.4, 0.5) is 0 Å². The molecule has 0 fully saturated rings. The van der Waals surface area contributed by atoms with Gasteiger partial charge in [0.25, 0.3) is 0 Å². The number of amides is 1. The van der Waals surface area contributed by atoms with Gasteiger partial charge in [0.15, 0.2) is 0 Å². The fraction of sp³-hybridized carbons (Fsp3) is 0.240. The first-order chi connectivity index (χ1) is 14.3. The standard InChI is InChI=1S/C25H26N2O2/c28-25(19-27-15-16-29-24-14-8-7-13-22(24)18-27)26-23(21-11-5-2-6-12-21)17-20-9-3-1-4-10-20/h1-14,23H,15-19H2,(H,26,28). The van der Waals surface area contributed by atoms with Crippen LogP contribution in [0, 0.1) is 0 Å². The van der Waals surface area contributed by atoms with Crippen molar-refractivity contribution in [1.82, 2.24) is 10.2 Å². The third-order valence-electron chi connectivity index (χ3n) is 5.22. The van der Waals surface area contributed by atoms with Crippen LogP contribution in [0.2, 0.25) is 0 Å². The van der Waals surface area contributed by atoms with Crippen molar-refractivity contribution in [3.8, 4) is 5.75 Å². The van der Waals surface area contributed by atoms with Crippen LogP contribution in [0.25, 0.3) is 0 Å². The number of rotatable bonds is 6. The van der Waals surface area contributed by atoms with Gasteiger partial charge in [0.05, 0.1) is 12.6 Å². The summed E-state index contributed by atoms with van der Waals surface area (Å²) in [6.45, 7) is 2.40. The number of ether oxygens (including phenoxy) is 1. The van der Waals surface area contributed by atoms with Gasteiger partial charge in [0.1, 0.15) is 12.4 Å². The van der Waals surface area contributed by atoms with Gasteiger partial charge in [-0.05, 0) is 23.6 Å². The van der Waals surface area contributed by atoms with Gasteiger partial charge in [0.2, 0.25) is 5.91 Å². The highest BCUT2D eigenvalue weighted by atomic mass is 16.5. The number of carbonyl (C=O) groups is 1. The van der Waals surface area contributed by atoms with Gasteiger partial charge in [-0.25, -0.2) is 0 Å². The highest BCUT2D eigenvalue weighted by molar-refractivity contribution is 5.78. The predicted octanol–water partition coefficient (Wildman–Crippen LogP) is 3.98. The maximum Gasteiger partial charge on any atom is 0.234 e. The van der Waals surface area contributed by atoms with E-state index in [1.54, 1.807) is 0 Å². The predicted molar refractivity (Wildman–Crippen MR) is 115 cm³/mol. The molecule has 1 heterocycles. The minimum atomic E-state index is -0.0541. The van der Waals surface area contributed by atoms with E-state index in [2.05, 4.69) is 40.5 Å². The molecule has 4 nitrogen and oxygen atoms in total. The third kappa shape index (κ3) is 5.24. The molecule has 1 amide bonds. The van der Waals surface area contributed by atoms with Gasteiger partial charge in [-0.2, -0.15) is 0 Å². The van der Waals surface area contributed by atoms with Crippen LogP contribution >= 0.6 is 0 Å². The molecule has 1 unspecified atom stereocenters. The number of carbonyl (C=O) groups excluding carboxylic acids is 1. The van der Waals surface area contributed by atoms with Crippen molar-refractivity contribution >= 4 is 5.91 Å². The van der Waals surface area contributed by atoms with Gasteiger partial charge in [-0.3, -0.25) is 9.69 Å². The van der Waals surface area contributed by atoms with Crippen molar-refractivity contribution in [3.63, 3.8) is 0 Å². The molecule has 0 bridgehead atoms. The number of para-hydroxylation sites is 1. The number of nitrogens with one attached hydrogen (secondary N) is 1. The van der Waals surface area contributed by atoms with Crippen molar-refractivity contribution in [2.75, 3.05) is 19.7 Å². The van der Waals surface area contributed by atoms with E-state index in [0.717, 1.165) is 36.4 Å². The Morgan fingerprint density at radius 2 is 1.62 bits per heavy atom. The summed E-state index contributed by atoms with van der Waals surface area (Å²) in [6.07, 6.45) is 0.766. The second kappa shape index (κ2) is 9.39. The summed E-state index contributed by atoms with van der Waals surface area (Å²) in [7, 11) is 0. The molecule has 3 aromatic rings. The zero-order valence-corrected chi connectivity index (χ0v) is 16.5. The SMILES string of the molecule is O=C(CN1CCOc2ccccc2C1)NC(Cc1ccccc1)c1ccccc1. The first kappa shape index (κ1) is 19.2. The van der Waals surface area contributed by atoms with Crippen LogP contribution in [0.5, 0.6) is 5.75 Å². The van der Waals surface area contributed by atoms with Crippen LogP contribution in [0.1, 0.15) is 22.7 Å². The van der Waals surface area contributed by atoms with Crippen molar-refractivity contribution in [2.45, 2.75) is 19.0 Å². The number of benzene rings is 3.